The van der Waals surface area contributed by atoms with E-state index in [1.807, 2.05) is 12.1 Å². The van der Waals surface area contributed by atoms with Crippen molar-refractivity contribution in [2.75, 3.05) is 0 Å². The summed E-state index contributed by atoms with van der Waals surface area (Å²) in [5, 5.41) is 7.29. The van der Waals surface area contributed by atoms with Crippen molar-refractivity contribution < 1.29 is 4.74 Å². The van der Waals surface area contributed by atoms with Crippen molar-refractivity contribution in [1.82, 2.24) is 19.7 Å². The summed E-state index contributed by atoms with van der Waals surface area (Å²) in [5.41, 5.74) is 1.03. The minimum absolute atomic E-state index is 0.287. The van der Waals surface area contributed by atoms with Gasteiger partial charge in [-0.2, -0.15) is 5.10 Å². The summed E-state index contributed by atoms with van der Waals surface area (Å²) in [5.74, 6) is 0.883. The van der Waals surface area contributed by atoms with E-state index in [2.05, 4.69) is 19.7 Å². The van der Waals surface area contributed by atoms with E-state index in [0.717, 1.165) is 24.2 Å². The Labute approximate surface area is 115 Å². The molecule has 2 saturated heterocycles. The quantitative estimate of drug-likeness (QED) is 0.855. The summed E-state index contributed by atoms with van der Waals surface area (Å²) >= 11 is 5.40. The molecule has 2 aliphatic heterocycles. The van der Waals surface area contributed by atoms with E-state index in [0.29, 0.717) is 16.9 Å². The zero-order valence-electron chi connectivity index (χ0n) is 10.3. The van der Waals surface area contributed by atoms with Gasteiger partial charge in [0.1, 0.15) is 0 Å². The van der Waals surface area contributed by atoms with Gasteiger partial charge in [0.2, 0.25) is 0 Å². The fourth-order valence-electron chi connectivity index (χ4n) is 3.20. The number of hydrogen-bond donors (Lipinski definition) is 1. The minimum atomic E-state index is 0.287. The lowest BCUT2D eigenvalue weighted by molar-refractivity contribution is 0.0938. The largest absolute Gasteiger partial charge is 0.373 e. The van der Waals surface area contributed by atoms with Gasteiger partial charge in [-0.25, -0.2) is 0 Å². The molecule has 2 aromatic heterocycles. The third-order valence-corrected chi connectivity index (χ3v) is 4.34. The third-order valence-electron chi connectivity index (χ3n) is 4.05. The smallest absolute Gasteiger partial charge is 0.195 e. The van der Waals surface area contributed by atoms with E-state index >= 15 is 0 Å². The van der Waals surface area contributed by atoms with Crippen molar-refractivity contribution in [1.29, 1.82) is 0 Å². The Kier molecular flexibility index (Phi) is 2.53. The van der Waals surface area contributed by atoms with E-state index in [-0.39, 0.29) is 6.10 Å². The van der Waals surface area contributed by atoms with Crippen molar-refractivity contribution in [3.05, 3.63) is 29.3 Å². The molecule has 98 valence electrons. The van der Waals surface area contributed by atoms with Crippen molar-refractivity contribution >= 4 is 12.2 Å². The fourth-order valence-corrected chi connectivity index (χ4v) is 3.47. The summed E-state index contributed by atoms with van der Waals surface area (Å²) in [6, 6.07) is 4.22. The number of nitrogens with zero attached hydrogens (tertiary/aromatic N) is 3. The van der Waals surface area contributed by atoms with Gasteiger partial charge in [-0.3, -0.25) is 14.6 Å². The molecule has 1 N–H and O–H groups in total. The van der Waals surface area contributed by atoms with Crippen molar-refractivity contribution in [2.45, 2.75) is 37.5 Å². The van der Waals surface area contributed by atoms with Crippen LogP contribution in [0.25, 0.3) is 11.4 Å². The van der Waals surface area contributed by atoms with Crippen molar-refractivity contribution in [3.8, 4) is 11.4 Å². The molecule has 0 aliphatic carbocycles. The molecule has 3 unspecified atom stereocenters. The molecule has 19 heavy (non-hydrogen) atoms. The number of nitrogens with one attached hydrogen (secondary N) is 1. The Morgan fingerprint density at radius 3 is 2.84 bits per heavy atom. The van der Waals surface area contributed by atoms with Gasteiger partial charge in [-0.05, 0) is 43.6 Å². The van der Waals surface area contributed by atoms with Crippen LogP contribution in [0.1, 0.15) is 25.3 Å². The zero-order chi connectivity index (χ0) is 12.8. The molecule has 5 nitrogen and oxygen atoms in total. The van der Waals surface area contributed by atoms with E-state index in [1.54, 1.807) is 12.4 Å². The van der Waals surface area contributed by atoms with Gasteiger partial charge in [-0.15, -0.1) is 0 Å². The van der Waals surface area contributed by atoms with Gasteiger partial charge in [0.25, 0.3) is 0 Å². The van der Waals surface area contributed by atoms with Crippen molar-refractivity contribution in [3.63, 3.8) is 0 Å². The molecule has 0 radical (unpaired) electrons. The van der Waals surface area contributed by atoms with Crippen LogP contribution in [0.5, 0.6) is 0 Å². The molecule has 0 saturated carbocycles. The number of H-pyrrole nitrogens is 1. The van der Waals surface area contributed by atoms with Crippen molar-refractivity contribution in [2.24, 2.45) is 0 Å². The van der Waals surface area contributed by atoms with Gasteiger partial charge >= 0.3 is 0 Å². The highest BCUT2D eigenvalue weighted by atomic mass is 32.1. The first kappa shape index (κ1) is 11.3. The first-order valence-electron chi connectivity index (χ1n) is 6.55. The van der Waals surface area contributed by atoms with E-state index < -0.39 is 0 Å². The molecule has 2 aromatic rings. The fraction of sp³-hybridized carbons (Fsp3) is 0.462. The van der Waals surface area contributed by atoms with Gasteiger partial charge < -0.3 is 4.74 Å². The monoisotopic (exact) mass is 274 g/mol. The standard InChI is InChI=1S/C13H14N4OS/c19-13-16-15-12(8-3-5-14-6-4-8)17(13)10-7-9-1-2-11(10)18-9/h3-6,9-11H,1-2,7H2,(H,16,19). The predicted octanol–water partition coefficient (Wildman–Crippen LogP) is 2.50. The van der Waals surface area contributed by atoms with E-state index in [9.17, 15) is 0 Å². The first-order chi connectivity index (χ1) is 9.33. The molecule has 0 aromatic carbocycles. The van der Waals surface area contributed by atoms with Crippen LogP contribution < -0.4 is 0 Å². The summed E-state index contributed by atoms with van der Waals surface area (Å²) in [4.78, 5) is 4.05. The molecule has 6 heteroatoms. The molecule has 2 fully saturated rings. The van der Waals surface area contributed by atoms with Crippen LogP contribution in [0.4, 0.5) is 0 Å². The first-order valence-corrected chi connectivity index (χ1v) is 6.96. The second-order valence-electron chi connectivity index (χ2n) is 5.14. The van der Waals surface area contributed by atoms with Crippen LogP contribution in [0.3, 0.4) is 0 Å². The Morgan fingerprint density at radius 1 is 1.32 bits per heavy atom. The topological polar surface area (TPSA) is 55.7 Å². The van der Waals surface area contributed by atoms with Crippen LogP contribution in [0.15, 0.2) is 24.5 Å². The van der Waals surface area contributed by atoms with Gasteiger partial charge in [0.05, 0.1) is 18.2 Å². The van der Waals surface area contributed by atoms with E-state index in [4.69, 9.17) is 17.0 Å². The summed E-state index contributed by atoms with van der Waals surface area (Å²) in [6.45, 7) is 0. The summed E-state index contributed by atoms with van der Waals surface area (Å²) < 4.78 is 8.73. The maximum absolute atomic E-state index is 5.93. The predicted molar refractivity (Wildman–Crippen MR) is 72.2 cm³/mol. The molecule has 0 amide bonds. The normalized spacial score (nSPS) is 28.9. The second-order valence-corrected chi connectivity index (χ2v) is 5.52. The summed E-state index contributed by atoms with van der Waals surface area (Å²) in [7, 11) is 0. The Hall–Kier alpha value is -1.53. The molecule has 4 rings (SSSR count). The number of aromatic nitrogens is 4. The lowest BCUT2D eigenvalue weighted by Gasteiger charge is -2.21. The van der Waals surface area contributed by atoms with Crippen LogP contribution in [0.2, 0.25) is 0 Å². The zero-order valence-corrected chi connectivity index (χ0v) is 11.1. The maximum atomic E-state index is 5.93. The highest BCUT2D eigenvalue weighted by molar-refractivity contribution is 7.71. The van der Waals surface area contributed by atoms with E-state index in [1.165, 1.54) is 6.42 Å². The number of pyridine rings is 1. The maximum Gasteiger partial charge on any atom is 0.195 e. The van der Waals surface area contributed by atoms with Crippen LogP contribution in [-0.2, 0) is 4.74 Å². The number of fused-ring (bicyclic) bond motifs is 2. The molecule has 4 heterocycles. The van der Waals surface area contributed by atoms with Gasteiger partial charge in [0, 0.05) is 18.0 Å². The molecule has 3 atom stereocenters. The Bertz CT molecular complexity index is 650. The molecular formula is C13H14N4OS. The number of hydrogen-bond acceptors (Lipinski definition) is 4. The lowest BCUT2D eigenvalue weighted by Crippen LogP contribution is -2.21. The highest BCUT2D eigenvalue weighted by Gasteiger charge is 2.42. The van der Waals surface area contributed by atoms with Crippen LogP contribution in [-0.4, -0.2) is 32.0 Å². The Balaban J connectivity index is 1.80. The van der Waals surface area contributed by atoms with Gasteiger partial charge in [-0.1, -0.05) is 0 Å². The van der Waals surface area contributed by atoms with Crippen LogP contribution in [0, 0.1) is 4.77 Å². The Morgan fingerprint density at radius 2 is 2.16 bits per heavy atom. The lowest BCUT2D eigenvalue weighted by atomic mass is 9.95. The minimum Gasteiger partial charge on any atom is -0.373 e. The average Bonchev–Trinajstić information content (AvgIpc) is 3.14. The molecular weight excluding hydrogens is 260 g/mol. The summed E-state index contributed by atoms with van der Waals surface area (Å²) in [6.07, 6.45) is 7.57. The molecule has 2 bridgehead atoms. The SMILES string of the molecule is S=c1[nH]nc(-c2ccncc2)n1C1CC2CCC1O2. The number of rotatable bonds is 2. The van der Waals surface area contributed by atoms with Gasteiger partial charge in [0.15, 0.2) is 10.6 Å². The number of aromatic amines is 1. The molecule has 0 spiro atoms. The van der Waals surface area contributed by atoms with Crippen LogP contribution >= 0.6 is 12.2 Å². The molecule has 2 aliphatic rings. The highest BCUT2D eigenvalue weighted by Crippen LogP contribution is 2.43. The third kappa shape index (κ3) is 1.74. The second kappa shape index (κ2) is 4.25. The average molecular weight is 274 g/mol. The number of ether oxygens (including phenoxy) is 1.